The number of pyridine rings is 1. The number of fused-ring (bicyclic) bond motifs is 1. The van der Waals surface area contributed by atoms with Gasteiger partial charge in [0.1, 0.15) is 11.4 Å². The van der Waals surface area contributed by atoms with Crippen LogP contribution < -0.4 is 10.4 Å². The fraction of sp³-hybridized carbons (Fsp3) is 0. The highest BCUT2D eigenvalue weighted by Gasteiger charge is 2.08. The fourth-order valence-corrected chi connectivity index (χ4v) is 1.73. The van der Waals surface area contributed by atoms with E-state index in [1.807, 2.05) is 0 Å². The summed E-state index contributed by atoms with van der Waals surface area (Å²) >= 11 is 0. The summed E-state index contributed by atoms with van der Waals surface area (Å²) in [5.74, 6) is 0.306. The average molecular weight is 284 g/mol. The molecule has 3 rings (SSSR count). The maximum atomic E-state index is 11.8. The van der Waals surface area contributed by atoms with Crippen LogP contribution in [0.4, 0.5) is 5.69 Å². The first-order valence-corrected chi connectivity index (χ1v) is 5.91. The zero-order valence-corrected chi connectivity index (χ0v) is 10.5. The normalized spacial score (nSPS) is 10.5. The van der Waals surface area contributed by atoms with Crippen LogP contribution in [-0.2, 0) is 0 Å². The van der Waals surface area contributed by atoms with Gasteiger partial charge in [-0.3, -0.25) is 14.5 Å². The number of aromatic nitrogens is 3. The Kier molecular flexibility index (Phi) is 3.03. The number of nitro benzene ring substituents is 1. The van der Waals surface area contributed by atoms with Crippen molar-refractivity contribution in [3.05, 3.63) is 69.3 Å². The molecule has 21 heavy (non-hydrogen) atoms. The predicted octanol–water partition coefficient (Wildman–Crippen LogP) is 1.79. The summed E-state index contributed by atoms with van der Waals surface area (Å²) in [5, 5.41) is 10.6. The Morgan fingerprint density at radius 2 is 1.86 bits per heavy atom. The van der Waals surface area contributed by atoms with E-state index in [2.05, 4.69) is 9.97 Å². The van der Waals surface area contributed by atoms with E-state index >= 15 is 0 Å². The maximum Gasteiger partial charge on any atom is 0.358 e. The third kappa shape index (κ3) is 2.54. The van der Waals surface area contributed by atoms with Gasteiger partial charge in [0.2, 0.25) is 0 Å². The smallest absolute Gasteiger partial charge is 0.358 e. The van der Waals surface area contributed by atoms with Gasteiger partial charge in [-0.15, -0.1) is 4.98 Å². The Morgan fingerprint density at radius 1 is 1.10 bits per heavy atom. The molecule has 3 aromatic rings. The van der Waals surface area contributed by atoms with Crippen LogP contribution in [0.3, 0.4) is 0 Å². The molecule has 8 nitrogen and oxygen atoms in total. The SMILES string of the molecule is O=c1nc(Oc2ccc([N+](=O)[O-])cc2)nc2ccccn12. The Hall–Kier alpha value is -3.29. The number of nitro groups is 1. The van der Waals surface area contributed by atoms with Gasteiger partial charge in [0.25, 0.3) is 5.69 Å². The molecular formula is C13H8N4O4. The van der Waals surface area contributed by atoms with Crippen molar-refractivity contribution in [2.24, 2.45) is 0 Å². The van der Waals surface area contributed by atoms with Crippen molar-refractivity contribution in [2.45, 2.75) is 0 Å². The molecule has 2 aromatic heterocycles. The zero-order valence-electron chi connectivity index (χ0n) is 10.5. The van der Waals surface area contributed by atoms with Crippen LogP contribution in [0.25, 0.3) is 5.65 Å². The number of nitrogens with zero attached hydrogens (tertiary/aromatic N) is 4. The second-order valence-corrected chi connectivity index (χ2v) is 4.07. The van der Waals surface area contributed by atoms with Gasteiger partial charge in [0.05, 0.1) is 4.92 Å². The van der Waals surface area contributed by atoms with E-state index in [-0.39, 0.29) is 11.7 Å². The molecule has 0 aliphatic carbocycles. The molecule has 0 amide bonds. The molecular weight excluding hydrogens is 276 g/mol. The lowest BCUT2D eigenvalue weighted by atomic mass is 10.3. The number of hydrogen-bond acceptors (Lipinski definition) is 6. The van der Waals surface area contributed by atoms with E-state index in [9.17, 15) is 14.9 Å². The minimum Gasteiger partial charge on any atom is -0.424 e. The molecule has 0 aliphatic heterocycles. The molecule has 0 saturated carbocycles. The average Bonchev–Trinajstić information content (AvgIpc) is 2.48. The molecule has 0 aliphatic rings. The summed E-state index contributed by atoms with van der Waals surface area (Å²) in [7, 11) is 0. The number of ether oxygens (including phenoxy) is 1. The summed E-state index contributed by atoms with van der Waals surface area (Å²) < 4.78 is 6.62. The molecule has 104 valence electrons. The van der Waals surface area contributed by atoms with Crippen molar-refractivity contribution in [3.8, 4) is 11.8 Å². The van der Waals surface area contributed by atoms with Crippen LogP contribution in [0.5, 0.6) is 11.8 Å². The van der Waals surface area contributed by atoms with Gasteiger partial charge in [-0.05, 0) is 24.3 Å². The molecule has 2 heterocycles. The highest BCUT2D eigenvalue weighted by atomic mass is 16.6. The number of non-ortho nitro benzene ring substituents is 1. The molecule has 0 unspecified atom stereocenters. The molecule has 0 bridgehead atoms. The van der Waals surface area contributed by atoms with Crippen molar-refractivity contribution in [2.75, 3.05) is 0 Å². The Labute approximate surface area is 117 Å². The fourth-order valence-electron chi connectivity index (χ4n) is 1.73. The van der Waals surface area contributed by atoms with Crippen LogP contribution >= 0.6 is 0 Å². The predicted molar refractivity (Wildman–Crippen MR) is 72.4 cm³/mol. The number of hydrogen-bond donors (Lipinski definition) is 0. The van der Waals surface area contributed by atoms with E-state index in [1.165, 1.54) is 28.7 Å². The minimum absolute atomic E-state index is 0.0538. The van der Waals surface area contributed by atoms with Gasteiger partial charge < -0.3 is 4.74 Å². The Bertz CT molecular complexity index is 873. The summed E-state index contributed by atoms with van der Waals surface area (Å²) in [6.07, 6.45) is 1.55. The van der Waals surface area contributed by atoms with Crippen molar-refractivity contribution < 1.29 is 9.66 Å². The number of rotatable bonds is 3. The minimum atomic E-state index is -0.516. The van der Waals surface area contributed by atoms with Crippen molar-refractivity contribution in [3.63, 3.8) is 0 Å². The van der Waals surface area contributed by atoms with E-state index in [4.69, 9.17) is 4.74 Å². The van der Waals surface area contributed by atoms with Crippen LogP contribution in [-0.4, -0.2) is 19.3 Å². The lowest BCUT2D eigenvalue weighted by Crippen LogP contribution is -2.18. The monoisotopic (exact) mass is 284 g/mol. The first kappa shape index (κ1) is 12.7. The molecule has 0 N–H and O–H groups in total. The van der Waals surface area contributed by atoms with Gasteiger partial charge in [-0.25, -0.2) is 4.79 Å². The third-order valence-electron chi connectivity index (χ3n) is 2.70. The summed E-state index contributed by atoms with van der Waals surface area (Å²) in [4.78, 5) is 29.6. The van der Waals surface area contributed by atoms with E-state index < -0.39 is 10.6 Å². The topological polar surface area (TPSA) is 99.6 Å². The summed E-state index contributed by atoms with van der Waals surface area (Å²) in [6.45, 7) is 0. The van der Waals surface area contributed by atoms with E-state index in [0.29, 0.717) is 11.4 Å². The quantitative estimate of drug-likeness (QED) is 0.537. The second kappa shape index (κ2) is 5.00. The van der Waals surface area contributed by atoms with Gasteiger partial charge >= 0.3 is 11.7 Å². The Morgan fingerprint density at radius 3 is 2.57 bits per heavy atom. The lowest BCUT2D eigenvalue weighted by Gasteiger charge is -2.04. The first-order valence-electron chi connectivity index (χ1n) is 5.91. The highest BCUT2D eigenvalue weighted by Crippen LogP contribution is 2.20. The summed E-state index contributed by atoms with van der Waals surface area (Å²) in [6, 6.07) is 10.4. The van der Waals surface area contributed by atoms with Crippen molar-refractivity contribution in [1.29, 1.82) is 0 Å². The van der Waals surface area contributed by atoms with Crippen LogP contribution in [0.2, 0.25) is 0 Å². The molecule has 0 saturated heterocycles. The third-order valence-corrected chi connectivity index (χ3v) is 2.70. The maximum absolute atomic E-state index is 11.8. The molecule has 0 atom stereocenters. The first-order chi connectivity index (χ1) is 10.1. The molecule has 8 heteroatoms. The largest absolute Gasteiger partial charge is 0.424 e. The van der Waals surface area contributed by atoms with E-state index in [0.717, 1.165) is 0 Å². The summed E-state index contributed by atoms with van der Waals surface area (Å²) in [5.41, 5.74) is -0.172. The van der Waals surface area contributed by atoms with Gasteiger partial charge in [-0.2, -0.15) is 4.98 Å². The zero-order chi connectivity index (χ0) is 14.8. The standard InChI is InChI=1S/C13H8N4O4/c18-13-15-12(14-11-3-1-2-8-16(11)13)21-10-6-4-9(5-7-10)17(19)20/h1-8H. The van der Waals surface area contributed by atoms with Crippen LogP contribution in [0, 0.1) is 10.1 Å². The Balaban J connectivity index is 1.94. The molecule has 0 spiro atoms. The van der Waals surface area contributed by atoms with Crippen molar-refractivity contribution >= 4 is 11.3 Å². The molecule has 0 fully saturated rings. The van der Waals surface area contributed by atoms with Crippen LogP contribution in [0.15, 0.2) is 53.5 Å². The van der Waals surface area contributed by atoms with Gasteiger partial charge in [0, 0.05) is 18.3 Å². The highest BCUT2D eigenvalue weighted by molar-refractivity contribution is 5.39. The molecule has 0 radical (unpaired) electrons. The lowest BCUT2D eigenvalue weighted by molar-refractivity contribution is -0.384. The van der Waals surface area contributed by atoms with Crippen LogP contribution in [0.1, 0.15) is 0 Å². The van der Waals surface area contributed by atoms with Gasteiger partial charge in [-0.1, -0.05) is 6.07 Å². The van der Waals surface area contributed by atoms with E-state index in [1.54, 1.807) is 24.4 Å². The van der Waals surface area contributed by atoms with Crippen molar-refractivity contribution in [1.82, 2.24) is 14.4 Å². The molecule has 1 aromatic carbocycles. The second-order valence-electron chi connectivity index (χ2n) is 4.07. The van der Waals surface area contributed by atoms with Gasteiger partial charge in [0.15, 0.2) is 0 Å². The number of benzene rings is 1.